The molecular weight excluding hydrogens is 340 g/mol. The summed E-state index contributed by atoms with van der Waals surface area (Å²) >= 11 is 3.34. The first-order valence-corrected chi connectivity index (χ1v) is 7.67. The first-order valence-electron chi connectivity index (χ1n) is 6.88. The molecule has 1 N–H and O–H groups in total. The van der Waals surface area contributed by atoms with Gasteiger partial charge in [0.15, 0.2) is 0 Å². The lowest BCUT2D eigenvalue weighted by molar-refractivity contribution is -0.141. The third kappa shape index (κ3) is 3.44. The summed E-state index contributed by atoms with van der Waals surface area (Å²) in [5, 5.41) is 7.39. The average molecular weight is 359 g/mol. The Morgan fingerprint density at radius 1 is 1.67 bits per heavy atom. The largest absolute Gasteiger partial charge is 0.468 e. The van der Waals surface area contributed by atoms with E-state index in [1.807, 2.05) is 6.92 Å². The van der Waals surface area contributed by atoms with Crippen LogP contribution < -0.4 is 15.8 Å². The van der Waals surface area contributed by atoms with Crippen LogP contribution in [0.2, 0.25) is 0 Å². The lowest BCUT2D eigenvalue weighted by atomic mass is 10.2. The lowest BCUT2D eigenvalue weighted by Gasteiger charge is -2.29. The highest BCUT2D eigenvalue weighted by molar-refractivity contribution is 9.10. The average Bonchev–Trinajstić information content (AvgIpc) is 3.01. The molecule has 1 unspecified atom stereocenters. The van der Waals surface area contributed by atoms with Gasteiger partial charge in [-0.05, 0) is 35.8 Å². The Kier molecular flexibility index (Phi) is 5.35. The zero-order chi connectivity index (χ0) is 15.4. The number of carbonyl (C=O) groups is 1. The van der Waals surface area contributed by atoms with E-state index >= 15 is 0 Å². The van der Waals surface area contributed by atoms with Gasteiger partial charge in [0.2, 0.25) is 0 Å². The van der Waals surface area contributed by atoms with Crippen LogP contribution in [0.15, 0.2) is 15.5 Å². The van der Waals surface area contributed by atoms with E-state index in [1.54, 1.807) is 6.20 Å². The number of nitrogens with one attached hydrogen (secondary N) is 1. The number of carbonyl (C=O) groups excluding carboxylic acids is 1. The summed E-state index contributed by atoms with van der Waals surface area (Å²) in [5.74, 6) is -0.503. The molecule has 21 heavy (non-hydrogen) atoms. The Morgan fingerprint density at radius 3 is 3.00 bits per heavy atom. The number of likely N-dealkylation sites (N-methyl/N-ethyl adjacent to an activating group) is 1. The predicted octanol–water partition coefficient (Wildman–Crippen LogP) is 0.367. The highest BCUT2D eigenvalue weighted by atomic mass is 79.9. The Bertz CT molecular complexity index is 569. The van der Waals surface area contributed by atoms with Gasteiger partial charge in [0, 0.05) is 19.1 Å². The number of nitrogens with zero attached hydrogens (tertiary/aromatic N) is 3. The number of ether oxygens (including phenoxy) is 1. The van der Waals surface area contributed by atoms with Crippen molar-refractivity contribution in [3.05, 3.63) is 21.0 Å². The molecular formula is C13H19BrN4O3. The molecule has 1 aromatic rings. The summed E-state index contributed by atoms with van der Waals surface area (Å²) in [6.45, 7) is 4.51. The summed E-state index contributed by atoms with van der Waals surface area (Å²) in [6, 6.07) is 0.351. The maximum absolute atomic E-state index is 12.3. The molecule has 1 saturated heterocycles. The molecule has 0 radical (unpaired) electrons. The molecule has 1 fully saturated rings. The first-order chi connectivity index (χ1) is 10.1. The Hall–Kier alpha value is -1.41. The Labute approximate surface area is 131 Å². The molecule has 2 heterocycles. The first kappa shape index (κ1) is 16.0. The van der Waals surface area contributed by atoms with E-state index in [0.717, 1.165) is 36.4 Å². The predicted molar refractivity (Wildman–Crippen MR) is 82.5 cm³/mol. The number of aromatic nitrogens is 2. The normalized spacial score (nSPS) is 17.8. The lowest BCUT2D eigenvalue weighted by Crippen LogP contribution is -2.39. The minimum atomic E-state index is -0.503. The van der Waals surface area contributed by atoms with Gasteiger partial charge in [-0.1, -0.05) is 0 Å². The smallest absolute Gasteiger partial charge is 0.327 e. The van der Waals surface area contributed by atoms with Crippen molar-refractivity contribution in [3.8, 4) is 0 Å². The van der Waals surface area contributed by atoms with E-state index in [0.29, 0.717) is 10.5 Å². The molecule has 0 amide bonds. The molecule has 116 valence electrons. The van der Waals surface area contributed by atoms with Crippen LogP contribution in [0.1, 0.15) is 13.3 Å². The minimum absolute atomic E-state index is 0.189. The SMILES string of the molecule is CCN(c1cnn(CC(=O)OC)c(=O)c1Br)C1CCNC1. The van der Waals surface area contributed by atoms with E-state index in [-0.39, 0.29) is 12.1 Å². The number of anilines is 1. The molecule has 1 aliphatic heterocycles. The number of rotatable bonds is 5. The number of esters is 1. The van der Waals surface area contributed by atoms with Gasteiger partial charge >= 0.3 is 5.97 Å². The van der Waals surface area contributed by atoms with Crippen molar-refractivity contribution in [1.29, 1.82) is 0 Å². The van der Waals surface area contributed by atoms with Crippen molar-refractivity contribution in [1.82, 2.24) is 15.1 Å². The van der Waals surface area contributed by atoms with Gasteiger partial charge in [-0.15, -0.1) is 0 Å². The zero-order valence-corrected chi connectivity index (χ0v) is 13.7. The van der Waals surface area contributed by atoms with Crippen LogP contribution in [0.25, 0.3) is 0 Å². The second-order valence-electron chi connectivity index (χ2n) is 4.82. The molecule has 0 spiro atoms. The molecule has 0 aliphatic carbocycles. The molecule has 7 nitrogen and oxygen atoms in total. The third-order valence-electron chi connectivity index (χ3n) is 3.60. The van der Waals surface area contributed by atoms with Gasteiger partial charge in [0.25, 0.3) is 5.56 Å². The van der Waals surface area contributed by atoms with E-state index in [2.05, 4.69) is 36.0 Å². The zero-order valence-electron chi connectivity index (χ0n) is 12.1. The number of halogens is 1. The monoisotopic (exact) mass is 358 g/mol. The van der Waals surface area contributed by atoms with E-state index in [9.17, 15) is 9.59 Å². The summed E-state index contributed by atoms with van der Waals surface area (Å²) in [4.78, 5) is 25.7. The highest BCUT2D eigenvalue weighted by Crippen LogP contribution is 2.25. The molecule has 8 heteroatoms. The quantitative estimate of drug-likeness (QED) is 0.766. The van der Waals surface area contributed by atoms with Crippen molar-refractivity contribution in [2.45, 2.75) is 25.9 Å². The fraction of sp³-hybridized carbons (Fsp3) is 0.615. The molecule has 0 saturated carbocycles. The van der Waals surface area contributed by atoms with Crippen molar-refractivity contribution in [2.75, 3.05) is 31.6 Å². The topological polar surface area (TPSA) is 76.5 Å². The van der Waals surface area contributed by atoms with Gasteiger partial charge in [-0.25, -0.2) is 4.68 Å². The molecule has 1 aliphatic rings. The van der Waals surface area contributed by atoms with E-state index in [1.165, 1.54) is 7.11 Å². The van der Waals surface area contributed by atoms with Gasteiger partial charge in [-0.2, -0.15) is 5.10 Å². The van der Waals surface area contributed by atoms with Gasteiger partial charge in [0.1, 0.15) is 11.0 Å². The Balaban J connectivity index is 2.30. The minimum Gasteiger partial charge on any atom is -0.468 e. The van der Waals surface area contributed by atoms with Crippen LogP contribution >= 0.6 is 15.9 Å². The molecule has 2 rings (SSSR count). The second kappa shape index (κ2) is 7.04. The standard InChI is InChI=1S/C13H19BrN4O3/c1-3-17(9-4-5-15-6-9)10-7-16-18(8-11(19)21-2)13(20)12(10)14/h7,9,15H,3-6,8H2,1-2H3. The van der Waals surface area contributed by atoms with E-state index in [4.69, 9.17) is 0 Å². The molecule has 0 aromatic carbocycles. The van der Waals surface area contributed by atoms with E-state index < -0.39 is 5.97 Å². The van der Waals surface area contributed by atoms with Crippen molar-refractivity contribution in [2.24, 2.45) is 0 Å². The van der Waals surface area contributed by atoms with Crippen LogP contribution in [0.4, 0.5) is 5.69 Å². The van der Waals surface area contributed by atoms with Gasteiger partial charge < -0.3 is 15.0 Å². The summed E-state index contributed by atoms with van der Waals surface area (Å²) in [7, 11) is 1.28. The molecule has 0 bridgehead atoms. The van der Waals surface area contributed by atoms with Crippen LogP contribution in [0.5, 0.6) is 0 Å². The summed E-state index contributed by atoms with van der Waals surface area (Å²) in [5.41, 5.74) is 0.430. The maximum atomic E-state index is 12.3. The summed E-state index contributed by atoms with van der Waals surface area (Å²) < 4.78 is 6.08. The fourth-order valence-corrected chi connectivity index (χ4v) is 3.02. The summed E-state index contributed by atoms with van der Waals surface area (Å²) in [6.07, 6.45) is 2.65. The van der Waals surface area contributed by atoms with Crippen molar-refractivity contribution in [3.63, 3.8) is 0 Å². The van der Waals surface area contributed by atoms with Crippen molar-refractivity contribution >= 4 is 27.6 Å². The molecule has 1 aromatic heterocycles. The number of hydrogen-bond donors (Lipinski definition) is 1. The van der Waals surface area contributed by atoms with Crippen LogP contribution in [-0.4, -0.2) is 48.5 Å². The van der Waals surface area contributed by atoms with Crippen molar-refractivity contribution < 1.29 is 9.53 Å². The Morgan fingerprint density at radius 2 is 2.43 bits per heavy atom. The number of methoxy groups -OCH3 is 1. The fourth-order valence-electron chi connectivity index (χ4n) is 2.49. The second-order valence-corrected chi connectivity index (χ2v) is 5.61. The number of hydrogen-bond acceptors (Lipinski definition) is 6. The van der Waals surface area contributed by atoms with Crippen LogP contribution in [0, 0.1) is 0 Å². The highest BCUT2D eigenvalue weighted by Gasteiger charge is 2.24. The van der Waals surface area contributed by atoms with Crippen LogP contribution in [-0.2, 0) is 16.1 Å². The third-order valence-corrected chi connectivity index (χ3v) is 4.34. The van der Waals surface area contributed by atoms with Gasteiger partial charge in [0.05, 0.1) is 19.0 Å². The van der Waals surface area contributed by atoms with Gasteiger partial charge in [-0.3, -0.25) is 9.59 Å². The molecule has 1 atom stereocenters. The van der Waals surface area contributed by atoms with Crippen LogP contribution in [0.3, 0.4) is 0 Å². The maximum Gasteiger partial charge on any atom is 0.327 e.